The van der Waals surface area contributed by atoms with Crippen LogP contribution in [0, 0.1) is 5.21 Å². The molecule has 0 unspecified atom stereocenters. The zero-order valence-electron chi connectivity index (χ0n) is 15.6. The van der Waals surface area contributed by atoms with E-state index in [1.165, 1.54) is 12.4 Å². The number of nitrogens with zero attached hydrogens (tertiary/aromatic N) is 2. The van der Waals surface area contributed by atoms with Gasteiger partial charge in [-0.25, -0.2) is 0 Å². The third-order valence-electron chi connectivity index (χ3n) is 5.00. The first-order valence-corrected chi connectivity index (χ1v) is 9.78. The van der Waals surface area contributed by atoms with Crippen molar-refractivity contribution in [1.29, 1.82) is 0 Å². The Hall–Kier alpha value is -3.06. The lowest BCUT2D eigenvalue weighted by Gasteiger charge is -2.37. The van der Waals surface area contributed by atoms with E-state index in [-0.39, 0.29) is 11.9 Å². The van der Waals surface area contributed by atoms with Gasteiger partial charge < -0.3 is 19.6 Å². The smallest absolute Gasteiger partial charge is 0.255 e. The van der Waals surface area contributed by atoms with Crippen LogP contribution >= 0.6 is 11.3 Å². The third-order valence-corrected chi connectivity index (χ3v) is 5.92. The van der Waals surface area contributed by atoms with Gasteiger partial charge in [-0.1, -0.05) is 6.07 Å². The number of fused-ring (bicyclic) bond motifs is 1. The molecule has 6 nitrogen and oxygen atoms in total. The van der Waals surface area contributed by atoms with Gasteiger partial charge in [-0.3, -0.25) is 4.79 Å². The van der Waals surface area contributed by atoms with Crippen molar-refractivity contribution >= 4 is 17.2 Å². The average molecular weight is 396 g/mol. The molecule has 4 rings (SSSR count). The number of hydrogen-bond acceptors (Lipinski definition) is 5. The Morgan fingerprint density at radius 1 is 1.18 bits per heavy atom. The molecule has 3 aromatic rings. The largest absolute Gasteiger partial charge is 0.619 e. The molecule has 0 aliphatic carbocycles. The van der Waals surface area contributed by atoms with Gasteiger partial charge in [0.25, 0.3) is 5.91 Å². The lowest BCUT2D eigenvalue weighted by Crippen LogP contribution is -2.40. The van der Waals surface area contributed by atoms with E-state index >= 15 is 0 Å². The van der Waals surface area contributed by atoms with E-state index in [2.05, 4.69) is 0 Å². The van der Waals surface area contributed by atoms with E-state index in [1.807, 2.05) is 34.5 Å². The monoisotopic (exact) mass is 396 g/mol. The normalized spacial score (nSPS) is 15.8. The van der Waals surface area contributed by atoms with Gasteiger partial charge in [-0.05, 0) is 41.1 Å². The Balaban J connectivity index is 1.81. The fourth-order valence-electron chi connectivity index (χ4n) is 3.64. The second kappa shape index (κ2) is 7.52. The molecule has 0 bridgehead atoms. The molecule has 3 heterocycles. The predicted octanol–water partition coefficient (Wildman–Crippen LogP) is 3.19. The molecule has 0 fully saturated rings. The lowest BCUT2D eigenvalue weighted by atomic mass is 9.90. The van der Waals surface area contributed by atoms with Gasteiger partial charge in [0.15, 0.2) is 23.9 Å². The van der Waals surface area contributed by atoms with Gasteiger partial charge in [0, 0.05) is 23.6 Å². The molecular formula is C21H20N2O4S. The van der Waals surface area contributed by atoms with Crippen molar-refractivity contribution in [3.63, 3.8) is 0 Å². The number of aromatic nitrogens is 1. The highest BCUT2D eigenvalue weighted by Crippen LogP contribution is 2.42. The molecule has 0 saturated carbocycles. The predicted molar refractivity (Wildman–Crippen MR) is 106 cm³/mol. The minimum Gasteiger partial charge on any atom is -0.619 e. The molecule has 0 radical (unpaired) electrons. The summed E-state index contributed by atoms with van der Waals surface area (Å²) in [5.74, 6) is 1.23. The highest BCUT2D eigenvalue weighted by Gasteiger charge is 2.34. The number of ether oxygens (including phenoxy) is 2. The first kappa shape index (κ1) is 18.3. The number of hydrogen-bond donors (Lipinski definition) is 0. The second-order valence-corrected chi connectivity index (χ2v) is 7.50. The summed E-state index contributed by atoms with van der Waals surface area (Å²) in [5, 5.41) is 13.3. The zero-order chi connectivity index (χ0) is 19.7. The van der Waals surface area contributed by atoms with Crippen LogP contribution in [-0.2, 0) is 6.42 Å². The number of carbonyl (C=O) groups is 1. The first-order valence-electron chi connectivity index (χ1n) is 8.90. The van der Waals surface area contributed by atoms with E-state index in [9.17, 15) is 10.0 Å². The summed E-state index contributed by atoms with van der Waals surface area (Å²) in [6.45, 7) is 0.580. The van der Waals surface area contributed by atoms with E-state index in [4.69, 9.17) is 9.47 Å². The molecular weight excluding hydrogens is 376 g/mol. The van der Waals surface area contributed by atoms with Crippen LogP contribution < -0.4 is 14.2 Å². The van der Waals surface area contributed by atoms with Crippen LogP contribution in [0.1, 0.15) is 32.4 Å². The maximum Gasteiger partial charge on any atom is 0.255 e. The molecule has 0 spiro atoms. The SMILES string of the molecule is COc1cc2c(cc1OC)[C@H](c1cccs1)N(C(=O)c1cc[n+]([O-])cc1)CC2. The van der Waals surface area contributed by atoms with Gasteiger partial charge in [0.05, 0.1) is 25.8 Å². The van der Waals surface area contributed by atoms with Gasteiger partial charge in [0.1, 0.15) is 0 Å². The zero-order valence-corrected chi connectivity index (χ0v) is 16.4. The maximum atomic E-state index is 13.3. The Morgan fingerprint density at radius 2 is 1.89 bits per heavy atom. The molecule has 0 N–H and O–H groups in total. The number of benzene rings is 1. The Bertz CT molecular complexity index is 986. The number of rotatable bonds is 4. The molecule has 7 heteroatoms. The van der Waals surface area contributed by atoms with Gasteiger partial charge in [-0.15, -0.1) is 11.3 Å². The number of carbonyl (C=O) groups excluding carboxylic acids is 1. The summed E-state index contributed by atoms with van der Waals surface area (Å²) < 4.78 is 11.6. The van der Waals surface area contributed by atoms with Crippen LogP contribution in [0.5, 0.6) is 11.5 Å². The summed E-state index contributed by atoms with van der Waals surface area (Å²) in [7, 11) is 3.23. The number of pyridine rings is 1. The van der Waals surface area contributed by atoms with Crippen LogP contribution in [0.15, 0.2) is 54.2 Å². The van der Waals surface area contributed by atoms with Gasteiger partial charge >= 0.3 is 0 Å². The van der Waals surface area contributed by atoms with Crippen LogP contribution in [0.3, 0.4) is 0 Å². The second-order valence-electron chi connectivity index (χ2n) is 6.52. The van der Waals surface area contributed by atoms with Crippen LogP contribution in [-0.4, -0.2) is 31.6 Å². The summed E-state index contributed by atoms with van der Waals surface area (Å²) in [5.41, 5.74) is 2.68. The van der Waals surface area contributed by atoms with Crippen molar-refractivity contribution in [3.05, 3.63) is 80.9 Å². The van der Waals surface area contributed by atoms with E-state index in [1.54, 1.807) is 37.7 Å². The van der Waals surface area contributed by atoms with Crippen molar-refractivity contribution < 1.29 is 19.0 Å². The van der Waals surface area contributed by atoms with Crippen LogP contribution in [0.4, 0.5) is 0 Å². The molecule has 144 valence electrons. The van der Waals surface area contributed by atoms with Crippen molar-refractivity contribution in [2.75, 3.05) is 20.8 Å². The minimum atomic E-state index is -0.212. The summed E-state index contributed by atoms with van der Waals surface area (Å²) in [4.78, 5) is 16.2. The number of thiophene rings is 1. The Labute approximate surface area is 167 Å². The topological polar surface area (TPSA) is 65.7 Å². The number of amides is 1. The van der Waals surface area contributed by atoms with E-state index < -0.39 is 0 Å². The van der Waals surface area contributed by atoms with Gasteiger partial charge in [-0.2, -0.15) is 4.73 Å². The Kier molecular flexibility index (Phi) is 4.92. The van der Waals surface area contributed by atoms with Crippen molar-refractivity contribution in [2.45, 2.75) is 12.5 Å². The molecule has 1 aromatic carbocycles. The summed E-state index contributed by atoms with van der Waals surface area (Å²) >= 11 is 1.62. The lowest BCUT2D eigenvalue weighted by molar-refractivity contribution is -0.605. The minimum absolute atomic E-state index is 0.0977. The first-order chi connectivity index (χ1) is 13.6. The maximum absolute atomic E-state index is 13.3. The molecule has 0 saturated heterocycles. The van der Waals surface area contributed by atoms with Crippen LogP contribution in [0.25, 0.3) is 0 Å². The van der Waals surface area contributed by atoms with E-state index in [0.29, 0.717) is 28.3 Å². The molecule has 2 aromatic heterocycles. The average Bonchev–Trinajstić information content (AvgIpc) is 3.26. The summed E-state index contributed by atoms with van der Waals surface area (Å²) in [6.07, 6.45) is 3.41. The molecule has 1 atom stereocenters. The molecule has 1 aliphatic heterocycles. The molecule has 1 amide bonds. The Morgan fingerprint density at radius 3 is 2.54 bits per heavy atom. The van der Waals surface area contributed by atoms with Gasteiger partial charge in [0.2, 0.25) is 0 Å². The quantitative estimate of drug-likeness (QED) is 0.502. The van der Waals surface area contributed by atoms with Crippen molar-refractivity contribution in [2.24, 2.45) is 0 Å². The number of methoxy groups -OCH3 is 2. The summed E-state index contributed by atoms with van der Waals surface area (Å²) in [6, 6.07) is 10.9. The van der Waals surface area contributed by atoms with E-state index in [0.717, 1.165) is 22.4 Å². The highest BCUT2D eigenvalue weighted by atomic mass is 32.1. The fraction of sp³-hybridized carbons (Fsp3) is 0.238. The molecule has 1 aliphatic rings. The third kappa shape index (κ3) is 3.18. The fourth-order valence-corrected chi connectivity index (χ4v) is 4.49. The molecule has 28 heavy (non-hydrogen) atoms. The highest BCUT2D eigenvalue weighted by molar-refractivity contribution is 7.10. The standard InChI is InChI=1S/C21H20N2O4S/c1-26-17-12-15-7-10-23(21(24)14-5-8-22(25)9-6-14)20(19-4-3-11-28-19)16(15)13-18(17)27-2/h3-6,8-9,11-13,20H,7,10H2,1-2H3/t20-/m1/s1. The van der Waals surface area contributed by atoms with Crippen molar-refractivity contribution in [3.8, 4) is 11.5 Å². The van der Waals surface area contributed by atoms with Crippen LogP contribution in [0.2, 0.25) is 0 Å². The van der Waals surface area contributed by atoms with Crippen molar-refractivity contribution in [1.82, 2.24) is 4.90 Å².